The summed E-state index contributed by atoms with van der Waals surface area (Å²) in [5.41, 5.74) is 8.88. The maximum absolute atomic E-state index is 5.66. The molecular weight excluding hydrogens is 226 g/mol. The van der Waals surface area contributed by atoms with Crippen molar-refractivity contribution >= 4 is 17.2 Å². The van der Waals surface area contributed by atoms with E-state index >= 15 is 0 Å². The number of nitrogens with two attached hydrogens (primary N) is 1. The summed E-state index contributed by atoms with van der Waals surface area (Å²) in [7, 11) is 1.71. The molecule has 0 atom stereocenters. The van der Waals surface area contributed by atoms with Gasteiger partial charge in [-0.2, -0.15) is 0 Å². The highest BCUT2D eigenvalue weighted by Crippen LogP contribution is 2.21. The summed E-state index contributed by atoms with van der Waals surface area (Å²) in [5.74, 6) is 0.509. The van der Waals surface area contributed by atoms with Gasteiger partial charge >= 0.3 is 0 Å². The Hall–Kier alpha value is -2.07. The number of ether oxygens (including phenoxy) is 1. The highest BCUT2D eigenvalue weighted by atomic mass is 16.5. The minimum absolute atomic E-state index is 0.509. The second-order valence-corrected chi connectivity index (χ2v) is 3.99. The van der Waals surface area contributed by atoms with Crippen LogP contribution in [0.1, 0.15) is 5.56 Å². The number of nitrogen functional groups attached to an aromatic ring is 1. The van der Waals surface area contributed by atoms with E-state index in [-0.39, 0.29) is 0 Å². The zero-order chi connectivity index (χ0) is 12.8. The Morgan fingerprint density at radius 3 is 2.89 bits per heavy atom. The molecule has 0 radical (unpaired) electrons. The number of aromatic nitrogens is 1. The van der Waals surface area contributed by atoms with E-state index in [9.17, 15) is 0 Å². The second-order valence-electron chi connectivity index (χ2n) is 3.99. The number of rotatable bonds is 5. The molecule has 0 unspecified atom stereocenters. The average Bonchev–Trinajstić information content (AvgIpc) is 2.38. The zero-order valence-electron chi connectivity index (χ0n) is 10.4. The topological polar surface area (TPSA) is 60.2 Å². The quantitative estimate of drug-likeness (QED) is 0.847. The first kappa shape index (κ1) is 12.4. The van der Waals surface area contributed by atoms with Gasteiger partial charge in [0.1, 0.15) is 5.82 Å². The normalized spacial score (nSPS) is 10.3. The third-order valence-corrected chi connectivity index (χ3v) is 2.65. The summed E-state index contributed by atoms with van der Waals surface area (Å²) in [6.07, 6.45) is 2.57. The third-order valence-electron chi connectivity index (χ3n) is 2.65. The number of pyridine rings is 1. The maximum atomic E-state index is 5.66. The molecule has 94 valence electrons. The average molecular weight is 243 g/mol. The Labute approximate surface area is 107 Å². The summed E-state index contributed by atoms with van der Waals surface area (Å²) in [4.78, 5) is 3.97. The van der Waals surface area contributed by atoms with Gasteiger partial charge in [0.2, 0.25) is 0 Å². The number of hydrogen-bond acceptors (Lipinski definition) is 4. The lowest BCUT2D eigenvalue weighted by atomic mass is 10.1. The van der Waals surface area contributed by atoms with Crippen molar-refractivity contribution in [2.24, 2.45) is 0 Å². The third kappa shape index (κ3) is 3.21. The van der Waals surface area contributed by atoms with E-state index in [4.69, 9.17) is 10.5 Å². The number of nitrogens with zero attached hydrogens (tertiary/aromatic N) is 1. The number of methoxy groups -OCH3 is 1. The Balaban J connectivity index is 2.17. The highest BCUT2D eigenvalue weighted by Gasteiger charge is 2.02. The van der Waals surface area contributed by atoms with Crippen LogP contribution >= 0.6 is 0 Å². The maximum Gasteiger partial charge on any atom is 0.125 e. The lowest BCUT2D eigenvalue weighted by molar-refractivity contribution is 0.202. The standard InChI is InChI=1S/C14H17N3O/c1-18-9-7-11-4-2-3-5-13(11)17-12-6-8-16-14(15)10-12/h2-6,8,10H,7,9H2,1H3,(H3,15,16,17). The summed E-state index contributed by atoms with van der Waals surface area (Å²) >= 11 is 0. The molecule has 0 aliphatic carbocycles. The molecule has 0 fully saturated rings. The summed E-state index contributed by atoms with van der Waals surface area (Å²) in [6, 6.07) is 11.9. The van der Waals surface area contributed by atoms with Crippen molar-refractivity contribution in [2.75, 3.05) is 24.8 Å². The monoisotopic (exact) mass is 243 g/mol. The SMILES string of the molecule is COCCc1ccccc1Nc1ccnc(N)c1. The van der Waals surface area contributed by atoms with Crippen molar-refractivity contribution < 1.29 is 4.74 Å². The number of hydrogen-bond donors (Lipinski definition) is 2. The molecule has 1 heterocycles. The van der Waals surface area contributed by atoms with E-state index in [2.05, 4.69) is 16.4 Å². The van der Waals surface area contributed by atoms with Crippen molar-refractivity contribution in [3.05, 3.63) is 48.2 Å². The van der Waals surface area contributed by atoms with Crippen LogP contribution in [0.2, 0.25) is 0 Å². The van der Waals surface area contributed by atoms with Crippen LogP contribution in [0.5, 0.6) is 0 Å². The summed E-state index contributed by atoms with van der Waals surface area (Å²) in [5, 5.41) is 3.35. The number of benzene rings is 1. The second kappa shape index (κ2) is 6.02. The molecule has 0 bridgehead atoms. The van der Waals surface area contributed by atoms with E-state index in [1.54, 1.807) is 13.3 Å². The van der Waals surface area contributed by atoms with E-state index in [0.29, 0.717) is 12.4 Å². The Bertz CT molecular complexity index is 514. The van der Waals surface area contributed by atoms with Crippen molar-refractivity contribution in [1.29, 1.82) is 0 Å². The van der Waals surface area contributed by atoms with Crippen LogP contribution in [0.4, 0.5) is 17.2 Å². The summed E-state index contributed by atoms with van der Waals surface area (Å²) in [6.45, 7) is 0.706. The van der Waals surface area contributed by atoms with Gasteiger partial charge in [0.05, 0.1) is 6.61 Å². The number of anilines is 3. The first-order valence-electron chi connectivity index (χ1n) is 5.85. The van der Waals surface area contributed by atoms with Gasteiger partial charge in [0.15, 0.2) is 0 Å². The minimum Gasteiger partial charge on any atom is -0.384 e. The molecule has 3 N–H and O–H groups in total. The van der Waals surface area contributed by atoms with Gasteiger partial charge in [0, 0.05) is 30.7 Å². The molecule has 2 aromatic rings. The fraction of sp³-hybridized carbons (Fsp3) is 0.214. The van der Waals surface area contributed by atoms with Crippen molar-refractivity contribution in [1.82, 2.24) is 4.98 Å². The summed E-state index contributed by atoms with van der Waals surface area (Å²) < 4.78 is 5.11. The molecular formula is C14H17N3O. The van der Waals surface area contributed by atoms with Crippen LogP contribution in [0, 0.1) is 0 Å². The molecule has 0 spiro atoms. The van der Waals surface area contributed by atoms with Crippen LogP contribution in [0.25, 0.3) is 0 Å². The lowest BCUT2D eigenvalue weighted by Crippen LogP contribution is -2.00. The van der Waals surface area contributed by atoms with Gasteiger partial charge in [-0.3, -0.25) is 0 Å². The molecule has 0 amide bonds. The fourth-order valence-corrected chi connectivity index (χ4v) is 1.75. The van der Waals surface area contributed by atoms with Gasteiger partial charge in [-0.25, -0.2) is 4.98 Å². The number of para-hydroxylation sites is 1. The molecule has 1 aromatic heterocycles. The molecule has 1 aromatic carbocycles. The van der Waals surface area contributed by atoms with Crippen LogP contribution in [0.3, 0.4) is 0 Å². The van der Waals surface area contributed by atoms with Crippen LogP contribution < -0.4 is 11.1 Å². The molecule has 0 aliphatic heterocycles. The van der Waals surface area contributed by atoms with Crippen molar-refractivity contribution in [3.63, 3.8) is 0 Å². The van der Waals surface area contributed by atoms with E-state index in [0.717, 1.165) is 17.8 Å². The van der Waals surface area contributed by atoms with Crippen molar-refractivity contribution in [2.45, 2.75) is 6.42 Å². The largest absolute Gasteiger partial charge is 0.384 e. The predicted octanol–water partition coefficient (Wildman–Crippen LogP) is 2.60. The van der Waals surface area contributed by atoms with Gasteiger partial charge in [-0.05, 0) is 24.1 Å². The van der Waals surface area contributed by atoms with Crippen LogP contribution in [-0.2, 0) is 11.2 Å². The molecule has 0 saturated heterocycles. The Morgan fingerprint density at radius 1 is 1.28 bits per heavy atom. The predicted molar refractivity (Wildman–Crippen MR) is 74.0 cm³/mol. The lowest BCUT2D eigenvalue weighted by Gasteiger charge is -2.12. The van der Waals surface area contributed by atoms with Crippen LogP contribution in [-0.4, -0.2) is 18.7 Å². The van der Waals surface area contributed by atoms with E-state index < -0.39 is 0 Å². The van der Waals surface area contributed by atoms with Gasteiger partial charge < -0.3 is 15.8 Å². The highest BCUT2D eigenvalue weighted by molar-refractivity contribution is 5.64. The first-order chi connectivity index (χ1) is 8.79. The first-order valence-corrected chi connectivity index (χ1v) is 5.85. The molecule has 0 aliphatic rings. The smallest absolute Gasteiger partial charge is 0.125 e. The van der Waals surface area contributed by atoms with Crippen molar-refractivity contribution in [3.8, 4) is 0 Å². The zero-order valence-corrected chi connectivity index (χ0v) is 10.4. The molecule has 18 heavy (non-hydrogen) atoms. The molecule has 4 nitrogen and oxygen atoms in total. The van der Waals surface area contributed by atoms with Gasteiger partial charge in [-0.1, -0.05) is 18.2 Å². The van der Waals surface area contributed by atoms with E-state index in [1.165, 1.54) is 5.56 Å². The fourth-order valence-electron chi connectivity index (χ4n) is 1.75. The van der Waals surface area contributed by atoms with E-state index in [1.807, 2.05) is 30.3 Å². The number of nitrogens with one attached hydrogen (secondary N) is 1. The molecule has 2 rings (SSSR count). The van der Waals surface area contributed by atoms with Gasteiger partial charge in [0.25, 0.3) is 0 Å². The Morgan fingerprint density at radius 2 is 2.11 bits per heavy atom. The molecule has 0 saturated carbocycles. The molecule has 4 heteroatoms. The van der Waals surface area contributed by atoms with Crippen LogP contribution in [0.15, 0.2) is 42.6 Å². The minimum atomic E-state index is 0.509. The van der Waals surface area contributed by atoms with Gasteiger partial charge in [-0.15, -0.1) is 0 Å². The Kier molecular flexibility index (Phi) is 4.15.